The fraction of sp³-hybridized carbons (Fsp3) is 0.647. The van der Waals surface area contributed by atoms with Crippen LogP contribution in [0.3, 0.4) is 0 Å². The lowest BCUT2D eigenvalue weighted by Gasteiger charge is -2.44. The van der Waals surface area contributed by atoms with Crippen LogP contribution < -0.4 is 15.0 Å². The molecule has 0 aromatic heterocycles. The Morgan fingerprint density at radius 2 is 1.77 bits per heavy atom. The third-order valence-electron chi connectivity index (χ3n) is 8.19. The Balaban J connectivity index is 1.49. The molecule has 246 valence electrons. The maximum atomic E-state index is 10.5. The molecule has 1 fully saturated rings. The molecule has 1 saturated heterocycles. The minimum absolute atomic E-state index is 0.141. The van der Waals surface area contributed by atoms with E-state index in [9.17, 15) is 5.11 Å². The van der Waals surface area contributed by atoms with Gasteiger partial charge in [0.15, 0.2) is 0 Å². The lowest BCUT2D eigenvalue weighted by atomic mass is 9.81. The number of fused-ring (bicyclic) bond motifs is 1. The van der Waals surface area contributed by atoms with Crippen molar-refractivity contribution < 1.29 is 38.3 Å². The van der Waals surface area contributed by atoms with Crippen molar-refractivity contribution in [1.29, 1.82) is 0 Å². The smallest absolute Gasteiger partial charge is 0.142 e. The molecule has 0 spiro atoms. The van der Waals surface area contributed by atoms with Crippen molar-refractivity contribution in [2.24, 2.45) is 5.92 Å². The Morgan fingerprint density at radius 3 is 2.55 bits per heavy atom. The van der Waals surface area contributed by atoms with Crippen molar-refractivity contribution >= 4 is 5.69 Å². The molecular formula is C34H52N2O8. The molecule has 0 bridgehead atoms. The first-order valence-electron chi connectivity index (χ1n) is 15.8. The molecule has 0 saturated carbocycles. The van der Waals surface area contributed by atoms with Gasteiger partial charge in [-0.05, 0) is 48.2 Å². The molecule has 0 unspecified atom stereocenters. The summed E-state index contributed by atoms with van der Waals surface area (Å²) in [6.07, 6.45) is 0.636. The molecular weight excluding hydrogens is 564 g/mol. The second-order valence-electron chi connectivity index (χ2n) is 11.8. The van der Waals surface area contributed by atoms with Crippen LogP contribution in [0.5, 0.6) is 5.75 Å². The van der Waals surface area contributed by atoms with Crippen LogP contribution in [-0.4, -0.2) is 104 Å². The first-order chi connectivity index (χ1) is 21.5. The number of nitrogens with zero attached hydrogens (tertiary/aromatic N) is 1. The number of aliphatic hydroxyl groups excluding tert-OH is 1. The molecule has 4 atom stereocenters. The van der Waals surface area contributed by atoms with E-state index < -0.39 is 11.7 Å². The van der Waals surface area contributed by atoms with Crippen molar-refractivity contribution in [2.45, 2.75) is 50.8 Å². The molecule has 2 N–H and O–H groups in total. The summed E-state index contributed by atoms with van der Waals surface area (Å²) in [5.41, 5.74) is 3.53. The summed E-state index contributed by atoms with van der Waals surface area (Å²) < 4.78 is 40.8. The Hall–Kier alpha value is -2.28. The highest BCUT2D eigenvalue weighted by Crippen LogP contribution is 2.39. The number of anilines is 1. The van der Waals surface area contributed by atoms with Gasteiger partial charge in [0.25, 0.3) is 0 Å². The number of nitrogens with one attached hydrogen (secondary N) is 1. The minimum Gasteiger partial charge on any atom is -0.490 e. The fourth-order valence-corrected chi connectivity index (χ4v) is 5.92. The van der Waals surface area contributed by atoms with Gasteiger partial charge in [-0.25, -0.2) is 0 Å². The van der Waals surface area contributed by atoms with Crippen LogP contribution >= 0.6 is 0 Å². The van der Waals surface area contributed by atoms with E-state index in [1.54, 1.807) is 21.3 Å². The second-order valence-corrected chi connectivity index (χ2v) is 11.8. The molecule has 0 radical (unpaired) electrons. The van der Waals surface area contributed by atoms with Gasteiger partial charge >= 0.3 is 0 Å². The number of aliphatic hydroxyl groups is 1. The van der Waals surface area contributed by atoms with Gasteiger partial charge in [0, 0.05) is 46.9 Å². The molecule has 0 amide bonds. The maximum Gasteiger partial charge on any atom is 0.142 e. The van der Waals surface area contributed by atoms with Crippen LogP contribution in [0.1, 0.15) is 36.5 Å². The predicted octanol–water partition coefficient (Wildman–Crippen LogP) is 3.52. The van der Waals surface area contributed by atoms with Crippen molar-refractivity contribution in [3.05, 3.63) is 59.2 Å². The van der Waals surface area contributed by atoms with Gasteiger partial charge in [0.1, 0.15) is 30.2 Å². The number of ether oxygens (including phenoxy) is 7. The maximum absolute atomic E-state index is 10.5. The van der Waals surface area contributed by atoms with Gasteiger partial charge in [0.2, 0.25) is 0 Å². The molecule has 10 nitrogen and oxygen atoms in total. The third-order valence-corrected chi connectivity index (χ3v) is 8.19. The number of benzene rings is 2. The van der Waals surface area contributed by atoms with Crippen LogP contribution in [0, 0.1) is 5.92 Å². The molecule has 2 aromatic rings. The van der Waals surface area contributed by atoms with Crippen LogP contribution in [0.4, 0.5) is 5.69 Å². The quantitative estimate of drug-likeness (QED) is 0.228. The van der Waals surface area contributed by atoms with E-state index in [4.69, 9.17) is 33.2 Å². The first kappa shape index (κ1) is 34.6. The average Bonchev–Trinajstić information content (AvgIpc) is 3.04. The number of hydrogen-bond donors (Lipinski definition) is 2. The van der Waals surface area contributed by atoms with E-state index in [2.05, 4.69) is 53.5 Å². The summed E-state index contributed by atoms with van der Waals surface area (Å²) in [6, 6.07) is 14.7. The van der Waals surface area contributed by atoms with Gasteiger partial charge < -0.3 is 48.5 Å². The van der Waals surface area contributed by atoms with Gasteiger partial charge in [0.05, 0.1) is 51.9 Å². The summed E-state index contributed by atoms with van der Waals surface area (Å²) >= 11 is 0. The largest absolute Gasteiger partial charge is 0.490 e. The Bertz CT molecular complexity index is 1100. The second kappa shape index (κ2) is 18.0. The molecule has 2 aliphatic heterocycles. The highest BCUT2D eigenvalue weighted by Gasteiger charge is 2.45. The van der Waals surface area contributed by atoms with E-state index >= 15 is 0 Å². The molecule has 10 heteroatoms. The first-order valence-corrected chi connectivity index (χ1v) is 15.8. The summed E-state index contributed by atoms with van der Waals surface area (Å²) in [6.45, 7) is 9.28. The van der Waals surface area contributed by atoms with E-state index in [1.807, 2.05) is 6.07 Å². The average molecular weight is 617 g/mol. The van der Waals surface area contributed by atoms with E-state index in [0.29, 0.717) is 51.9 Å². The van der Waals surface area contributed by atoms with Gasteiger partial charge in [-0.15, -0.1) is 0 Å². The van der Waals surface area contributed by atoms with Crippen molar-refractivity contribution in [3.8, 4) is 5.75 Å². The Labute approximate surface area is 262 Å². The minimum atomic E-state index is -0.740. The SMILES string of the molecule is COCCCN1CCOc2ccc(CO[C@H]3CNCC[C@]3(OC[C@H](O)COC)c3ccc(COC[C@@H](C)COC)cc3)cc21. The lowest BCUT2D eigenvalue weighted by Crippen LogP contribution is -2.55. The van der Waals surface area contributed by atoms with Crippen LogP contribution in [0.15, 0.2) is 42.5 Å². The summed E-state index contributed by atoms with van der Waals surface area (Å²) in [4.78, 5) is 2.36. The monoisotopic (exact) mass is 616 g/mol. The Kier molecular flexibility index (Phi) is 14.2. The molecule has 2 heterocycles. The summed E-state index contributed by atoms with van der Waals surface area (Å²) in [5, 5.41) is 14.0. The van der Waals surface area contributed by atoms with Gasteiger partial charge in [-0.1, -0.05) is 37.3 Å². The molecule has 0 aliphatic carbocycles. The third kappa shape index (κ3) is 9.61. The molecule has 44 heavy (non-hydrogen) atoms. The lowest BCUT2D eigenvalue weighted by molar-refractivity contribution is -0.185. The van der Waals surface area contributed by atoms with Gasteiger partial charge in [-0.2, -0.15) is 0 Å². The molecule has 4 rings (SSSR count). The van der Waals surface area contributed by atoms with Crippen molar-refractivity contribution in [3.63, 3.8) is 0 Å². The van der Waals surface area contributed by atoms with E-state index in [1.165, 1.54) is 0 Å². The molecule has 2 aromatic carbocycles. The number of methoxy groups -OCH3 is 3. The fourth-order valence-electron chi connectivity index (χ4n) is 5.92. The van der Waals surface area contributed by atoms with E-state index in [0.717, 1.165) is 60.8 Å². The van der Waals surface area contributed by atoms with Crippen molar-refractivity contribution in [2.75, 3.05) is 92.0 Å². The molecule has 2 aliphatic rings. The van der Waals surface area contributed by atoms with Crippen LogP contribution in [0.25, 0.3) is 0 Å². The zero-order valence-electron chi connectivity index (χ0n) is 26.9. The zero-order chi connectivity index (χ0) is 31.2. The van der Waals surface area contributed by atoms with E-state index in [-0.39, 0.29) is 19.3 Å². The number of piperidine rings is 1. The van der Waals surface area contributed by atoms with Gasteiger partial charge in [-0.3, -0.25) is 0 Å². The highest BCUT2D eigenvalue weighted by atomic mass is 16.6. The zero-order valence-corrected chi connectivity index (χ0v) is 26.9. The standard InChI is InChI=1S/C34H52N2O8/c1-26(20-39-3)21-41-22-27-6-9-29(10-7-27)34(44-25-30(37)24-40-4)12-13-35-19-33(34)43-23-28-8-11-32-31(18-28)36(15-17-42-32)14-5-16-38-2/h6-11,18,26,30,33,35,37H,5,12-17,19-25H2,1-4H3/t26-,30+,33-,34-/m0/s1. The Morgan fingerprint density at radius 1 is 0.977 bits per heavy atom. The highest BCUT2D eigenvalue weighted by molar-refractivity contribution is 5.61. The summed E-state index contributed by atoms with van der Waals surface area (Å²) in [5.74, 6) is 1.24. The number of rotatable bonds is 19. The summed E-state index contributed by atoms with van der Waals surface area (Å²) in [7, 11) is 5.02. The predicted molar refractivity (Wildman–Crippen MR) is 169 cm³/mol. The van der Waals surface area contributed by atoms with Crippen LogP contribution in [0.2, 0.25) is 0 Å². The van der Waals surface area contributed by atoms with Crippen LogP contribution in [-0.2, 0) is 47.2 Å². The number of hydrogen-bond acceptors (Lipinski definition) is 10. The normalized spacial score (nSPS) is 21.5. The topological polar surface area (TPSA) is 100 Å². The van der Waals surface area contributed by atoms with Crippen molar-refractivity contribution in [1.82, 2.24) is 5.32 Å².